The Bertz CT molecular complexity index is 1850. The van der Waals surface area contributed by atoms with Crippen LogP contribution in [0.4, 0.5) is 37.7 Å². The summed E-state index contributed by atoms with van der Waals surface area (Å²) in [6.07, 6.45) is 5.06. The van der Waals surface area contributed by atoms with Crippen molar-refractivity contribution in [3.63, 3.8) is 0 Å². The van der Waals surface area contributed by atoms with E-state index in [9.17, 15) is 43.2 Å². The molecular weight excluding hydrogens is 749 g/mol. The summed E-state index contributed by atoms with van der Waals surface area (Å²) in [5.41, 5.74) is -9.28. The maximum absolute atomic E-state index is 13.2. The van der Waals surface area contributed by atoms with Gasteiger partial charge in [-0.05, 0) is 64.1 Å². The van der Waals surface area contributed by atoms with Crippen molar-refractivity contribution >= 4 is 48.2 Å². The second-order valence-electron chi connectivity index (χ2n) is 9.42. The monoisotopic (exact) mass is 778 g/mol. The first kappa shape index (κ1) is 35.7. The SMILES string of the molecule is CCN1C(=CC=Cc2n(CC)c3cc(S(=O)(=O)C(F)(F)F)ccc3[n+]2CC)N(CC)c2cc(S(=O)(=O)C(F)(F)F)ccc21.[I-]. The largest absolute Gasteiger partial charge is 1.00 e. The number of benzene rings is 2. The molecule has 1 aliphatic rings. The molecule has 0 fully saturated rings. The molecule has 44 heavy (non-hydrogen) atoms. The van der Waals surface area contributed by atoms with Gasteiger partial charge in [0.2, 0.25) is 0 Å². The van der Waals surface area contributed by atoms with Gasteiger partial charge in [-0.2, -0.15) is 26.3 Å². The molecule has 0 unspecified atom stereocenters. The van der Waals surface area contributed by atoms with Gasteiger partial charge < -0.3 is 33.8 Å². The Hall–Kier alpha value is -2.80. The highest BCUT2D eigenvalue weighted by Gasteiger charge is 2.48. The molecule has 8 nitrogen and oxygen atoms in total. The molecule has 2 aromatic carbocycles. The average molecular weight is 779 g/mol. The number of aromatic nitrogens is 2. The van der Waals surface area contributed by atoms with Crippen molar-refractivity contribution < 1.29 is 71.7 Å². The quantitative estimate of drug-likeness (QED) is 0.199. The van der Waals surface area contributed by atoms with E-state index in [1.165, 1.54) is 12.1 Å². The van der Waals surface area contributed by atoms with Crippen molar-refractivity contribution in [3.8, 4) is 0 Å². The lowest BCUT2D eigenvalue weighted by Crippen LogP contribution is -3.00. The molecule has 0 N–H and O–H groups in total. The number of hydrogen-bond acceptors (Lipinski definition) is 6. The molecular formula is C27H29F6IN4O4S2. The first-order valence-electron chi connectivity index (χ1n) is 13.2. The van der Waals surface area contributed by atoms with Gasteiger partial charge in [0.15, 0.2) is 11.0 Å². The number of alkyl halides is 6. The summed E-state index contributed by atoms with van der Waals surface area (Å²) in [6, 6.07) is 6.51. The van der Waals surface area contributed by atoms with E-state index >= 15 is 0 Å². The minimum absolute atomic E-state index is 0. The highest BCUT2D eigenvalue weighted by atomic mass is 127. The molecule has 0 amide bonds. The van der Waals surface area contributed by atoms with Crippen molar-refractivity contribution in [3.05, 3.63) is 60.2 Å². The summed E-state index contributed by atoms with van der Waals surface area (Å²) in [7, 11) is -11.1. The fourth-order valence-corrected chi connectivity index (χ4v) is 6.75. The third-order valence-corrected chi connectivity index (χ3v) is 10.1. The summed E-state index contributed by atoms with van der Waals surface area (Å²) < 4.78 is 131. The molecule has 17 heteroatoms. The Morgan fingerprint density at radius 2 is 1.27 bits per heavy atom. The fourth-order valence-electron chi connectivity index (χ4n) is 5.19. The summed E-state index contributed by atoms with van der Waals surface area (Å²) in [6.45, 7) is 8.61. The standard InChI is InChI=1S/C27H29F6N4O4S2.HI/c1-5-34-20-14-12-18(42(38,39)26(28,29)30)16-22(20)36(7-3)24(34)10-9-11-25-35(6-2)21-15-13-19(17-23(21)37(25)8-4)43(40,41)27(31,32)33;/h9-17H,5-8H2,1-4H3;1H/q+1;/p-1. The van der Waals surface area contributed by atoms with Crippen LogP contribution in [-0.4, -0.2) is 45.5 Å². The zero-order valence-electron chi connectivity index (χ0n) is 23.9. The summed E-state index contributed by atoms with van der Waals surface area (Å²) >= 11 is 0. The Balaban J connectivity index is 0.00000529. The van der Waals surface area contributed by atoms with Crippen molar-refractivity contribution in [1.82, 2.24) is 4.57 Å². The van der Waals surface area contributed by atoms with E-state index in [0.29, 0.717) is 60.2 Å². The first-order chi connectivity index (χ1) is 20.0. The van der Waals surface area contributed by atoms with Crippen LogP contribution in [0.15, 0.2) is 64.2 Å². The third-order valence-electron chi connectivity index (χ3n) is 7.15. The Labute approximate surface area is 268 Å². The first-order valence-corrected chi connectivity index (χ1v) is 16.2. The smallest absolute Gasteiger partial charge is 0.501 e. The van der Waals surface area contributed by atoms with Crippen molar-refractivity contribution in [2.24, 2.45) is 0 Å². The minimum Gasteiger partial charge on any atom is -1.00 e. The molecule has 3 aromatic rings. The summed E-state index contributed by atoms with van der Waals surface area (Å²) in [5, 5.41) is 0. The molecule has 2 heterocycles. The van der Waals surface area contributed by atoms with Crippen molar-refractivity contribution in [2.45, 2.75) is 61.6 Å². The Morgan fingerprint density at radius 3 is 1.77 bits per heavy atom. The zero-order chi connectivity index (χ0) is 32.1. The number of sulfone groups is 2. The van der Waals surface area contributed by atoms with Crippen LogP contribution in [0.3, 0.4) is 0 Å². The number of allylic oxidation sites excluding steroid dienone is 2. The molecule has 0 aliphatic carbocycles. The van der Waals surface area contributed by atoms with E-state index in [1.54, 1.807) is 41.5 Å². The molecule has 1 aliphatic heterocycles. The predicted molar refractivity (Wildman–Crippen MR) is 150 cm³/mol. The topological polar surface area (TPSA) is 83.6 Å². The van der Waals surface area contributed by atoms with Gasteiger partial charge in [0.05, 0.1) is 34.3 Å². The average Bonchev–Trinajstić information content (AvgIpc) is 3.41. The molecule has 0 bridgehead atoms. The summed E-state index contributed by atoms with van der Waals surface area (Å²) in [5.74, 6) is 1.14. The highest BCUT2D eigenvalue weighted by Crippen LogP contribution is 2.44. The number of aryl methyl sites for hydroxylation is 2. The van der Waals surface area contributed by atoms with Gasteiger partial charge >= 0.3 is 11.0 Å². The second-order valence-corrected chi connectivity index (χ2v) is 13.3. The number of rotatable bonds is 8. The van der Waals surface area contributed by atoms with Gasteiger partial charge in [-0.15, -0.1) is 0 Å². The van der Waals surface area contributed by atoms with Crippen LogP contribution in [0, 0.1) is 0 Å². The summed E-state index contributed by atoms with van der Waals surface area (Å²) in [4.78, 5) is 1.75. The Kier molecular flexibility index (Phi) is 10.2. The molecule has 0 spiro atoms. The zero-order valence-corrected chi connectivity index (χ0v) is 27.7. The van der Waals surface area contributed by atoms with Gasteiger partial charge in [0.25, 0.3) is 25.5 Å². The van der Waals surface area contributed by atoms with Gasteiger partial charge in [0.1, 0.15) is 5.82 Å². The van der Waals surface area contributed by atoms with Crippen molar-refractivity contribution in [2.75, 3.05) is 22.9 Å². The highest BCUT2D eigenvalue weighted by molar-refractivity contribution is 7.92. The van der Waals surface area contributed by atoms with E-state index in [0.717, 1.165) is 24.3 Å². The van der Waals surface area contributed by atoms with Crippen LogP contribution in [0.1, 0.15) is 33.5 Å². The van der Waals surface area contributed by atoms with E-state index in [1.807, 2.05) is 23.3 Å². The number of imidazole rings is 1. The minimum atomic E-state index is -5.56. The van der Waals surface area contributed by atoms with Gasteiger partial charge in [-0.3, -0.25) is 0 Å². The lowest BCUT2D eigenvalue weighted by Gasteiger charge is -2.23. The number of anilines is 2. The van der Waals surface area contributed by atoms with Crippen LogP contribution in [0.25, 0.3) is 17.1 Å². The molecule has 0 saturated carbocycles. The van der Waals surface area contributed by atoms with Crippen LogP contribution in [-0.2, 0) is 32.8 Å². The Morgan fingerprint density at radius 1 is 0.750 bits per heavy atom. The maximum Gasteiger partial charge on any atom is 0.501 e. The number of fused-ring (bicyclic) bond motifs is 2. The van der Waals surface area contributed by atoms with E-state index in [4.69, 9.17) is 0 Å². The van der Waals surface area contributed by atoms with Gasteiger partial charge in [-0.25, -0.2) is 26.0 Å². The predicted octanol–water partition coefficient (Wildman–Crippen LogP) is 2.78. The van der Waals surface area contributed by atoms with E-state index in [2.05, 4.69) is 0 Å². The van der Waals surface area contributed by atoms with Gasteiger partial charge in [0, 0.05) is 25.2 Å². The molecule has 0 radical (unpaired) electrons. The second kappa shape index (κ2) is 12.5. The maximum atomic E-state index is 13.2. The number of nitrogens with zero attached hydrogens (tertiary/aromatic N) is 4. The van der Waals surface area contributed by atoms with Gasteiger partial charge in [-0.1, -0.05) is 6.08 Å². The molecule has 0 saturated heterocycles. The van der Waals surface area contributed by atoms with E-state index in [-0.39, 0.29) is 24.0 Å². The van der Waals surface area contributed by atoms with Crippen LogP contribution in [0.2, 0.25) is 0 Å². The lowest BCUT2D eigenvalue weighted by atomic mass is 10.2. The van der Waals surface area contributed by atoms with Crippen molar-refractivity contribution in [1.29, 1.82) is 0 Å². The normalized spacial score (nSPS) is 15.5. The lowest BCUT2D eigenvalue weighted by molar-refractivity contribution is -0.670. The molecule has 0 atom stereocenters. The van der Waals surface area contributed by atoms with Crippen LogP contribution >= 0.6 is 0 Å². The number of halogens is 7. The third kappa shape index (κ3) is 5.81. The molecule has 4 rings (SSSR count). The van der Waals surface area contributed by atoms with E-state index < -0.39 is 40.5 Å². The fraction of sp³-hybridized carbons (Fsp3) is 0.370. The van der Waals surface area contributed by atoms with Crippen LogP contribution < -0.4 is 38.3 Å². The number of hydrogen-bond donors (Lipinski definition) is 0. The molecule has 242 valence electrons. The molecule has 1 aromatic heterocycles. The van der Waals surface area contributed by atoms with Crippen LogP contribution in [0.5, 0.6) is 0 Å².